The van der Waals surface area contributed by atoms with Crippen molar-refractivity contribution < 1.29 is 13.2 Å². The van der Waals surface area contributed by atoms with Crippen LogP contribution >= 0.6 is 11.6 Å². The third kappa shape index (κ3) is 5.40. The average molecular weight is 443 g/mol. The number of amides is 1. The number of carbonyl (C=O) groups excluding carboxylic acids is 1. The third-order valence-corrected chi connectivity index (χ3v) is 6.10. The number of nitrogens with zero attached hydrogens (tertiary/aromatic N) is 1. The molecule has 30 heavy (non-hydrogen) atoms. The van der Waals surface area contributed by atoms with E-state index in [1.54, 1.807) is 18.2 Å². The van der Waals surface area contributed by atoms with Gasteiger partial charge in [0, 0.05) is 5.02 Å². The van der Waals surface area contributed by atoms with E-state index in [2.05, 4.69) is 5.32 Å². The predicted molar refractivity (Wildman–Crippen MR) is 121 cm³/mol. The molecule has 0 spiro atoms. The SMILES string of the molecule is Cc1ccccc1C(NC(=O)CN(c1cccc(Cl)c1)S(C)(=O)=O)c1ccccc1. The zero-order valence-corrected chi connectivity index (χ0v) is 18.3. The Labute approximate surface area is 182 Å². The minimum Gasteiger partial charge on any atom is -0.344 e. The Bertz CT molecular complexity index is 1130. The van der Waals surface area contributed by atoms with E-state index in [1.807, 2.05) is 61.5 Å². The molecule has 5 nitrogen and oxygen atoms in total. The fourth-order valence-electron chi connectivity index (χ4n) is 3.27. The van der Waals surface area contributed by atoms with Crippen molar-refractivity contribution in [3.05, 3.63) is 101 Å². The molecule has 7 heteroatoms. The molecule has 3 aromatic carbocycles. The van der Waals surface area contributed by atoms with E-state index in [9.17, 15) is 13.2 Å². The second kappa shape index (κ2) is 9.32. The first-order valence-electron chi connectivity index (χ1n) is 9.39. The third-order valence-electron chi connectivity index (χ3n) is 4.72. The van der Waals surface area contributed by atoms with Crippen LogP contribution in [0.25, 0.3) is 0 Å². The molecular formula is C23H23ClN2O3S. The van der Waals surface area contributed by atoms with Crippen LogP contribution in [0.3, 0.4) is 0 Å². The molecule has 0 radical (unpaired) electrons. The van der Waals surface area contributed by atoms with Crippen LogP contribution in [0, 0.1) is 6.92 Å². The van der Waals surface area contributed by atoms with Crippen LogP contribution in [0.2, 0.25) is 5.02 Å². The molecule has 0 aliphatic carbocycles. The maximum Gasteiger partial charge on any atom is 0.241 e. The van der Waals surface area contributed by atoms with E-state index in [0.717, 1.165) is 27.3 Å². The second-order valence-corrected chi connectivity index (χ2v) is 9.36. The lowest BCUT2D eigenvalue weighted by atomic mass is 9.95. The van der Waals surface area contributed by atoms with Crippen molar-refractivity contribution in [1.82, 2.24) is 5.32 Å². The standard InChI is InChI=1S/C23H23ClN2O3S/c1-17-9-6-7-14-21(17)23(18-10-4-3-5-11-18)25-22(27)16-26(30(2,28)29)20-13-8-12-19(24)15-20/h3-15,23H,16H2,1-2H3,(H,25,27). The summed E-state index contributed by atoms with van der Waals surface area (Å²) < 4.78 is 25.8. The van der Waals surface area contributed by atoms with E-state index < -0.39 is 22.0 Å². The Morgan fingerprint density at radius 1 is 1.00 bits per heavy atom. The molecule has 1 atom stereocenters. The first kappa shape index (κ1) is 21.9. The molecule has 1 unspecified atom stereocenters. The van der Waals surface area contributed by atoms with Gasteiger partial charge in [-0.05, 0) is 41.8 Å². The fraction of sp³-hybridized carbons (Fsp3) is 0.174. The van der Waals surface area contributed by atoms with E-state index in [1.165, 1.54) is 6.07 Å². The van der Waals surface area contributed by atoms with Crippen molar-refractivity contribution in [3.8, 4) is 0 Å². The van der Waals surface area contributed by atoms with Crippen LogP contribution in [0.4, 0.5) is 5.69 Å². The summed E-state index contributed by atoms with van der Waals surface area (Å²) in [6.45, 7) is 1.63. The monoisotopic (exact) mass is 442 g/mol. The van der Waals surface area contributed by atoms with E-state index in [0.29, 0.717) is 10.7 Å². The minimum absolute atomic E-state index is 0.340. The topological polar surface area (TPSA) is 66.5 Å². The van der Waals surface area contributed by atoms with Gasteiger partial charge in [0.25, 0.3) is 0 Å². The van der Waals surface area contributed by atoms with Crippen LogP contribution in [0.1, 0.15) is 22.7 Å². The number of anilines is 1. The normalized spacial score (nSPS) is 12.2. The lowest BCUT2D eigenvalue weighted by Crippen LogP contribution is -2.42. The maximum atomic E-state index is 13.0. The number of hydrogen-bond acceptors (Lipinski definition) is 3. The summed E-state index contributed by atoms with van der Waals surface area (Å²) in [7, 11) is -3.69. The minimum atomic E-state index is -3.69. The van der Waals surface area contributed by atoms with Crippen molar-refractivity contribution in [1.29, 1.82) is 0 Å². The summed E-state index contributed by atoms with van der Waals surface area (Å²) in [6.07, 6.45) is 1.07. The molecule has 0 bridgehead atoms. The molecule has 3 aromatic rings. The summed E-state index contributed by atoms with van der Waals surface area (Å²) in [5.41, 5.74) is 3.23. The first-order valence-corrected chi connectivity index (χ1v) is 11.6. The van der Waals surface area contributed by atoms with Gasteiger partial charge in [-0.25, -0.2) is 8.42 Å². The number of halogens is 1. The van der Waals surface area contributed by atoms with E-state index >= 15 is 0 Å². The zero-order valence-electron chi connectivity index (χ0n) is 16.7. The summed E-state index contributed by atoms with van der Waals surface area (Å²) in [5.74, 6) is -0.419. The summed E-state index contributed by atoms with van der Waals surface area (Å²) >= 11 is 6.02. The largest absolute Gasteiger partial charge is 0.344 e. The van der Waals surface area contributed by atoms with Gasteiger partial charge in [0.1, 0.15) is 6.54 Å². The molecule has 0 heterocycles. The average Bonchev–Trinajstić information content (AvgIpc) is 2.71. The maximum absolute atomic E-state index is 13.0. The Balaban J connectivity index is 1.91. The van der Waals surface area contributed by atoms with Crippen LogP contribution in [0.5, 0.6) is 0 Å². The molecule has 0 saturated carbocycles. The number of nitrogens with one attached hydrogen (secondary N) is 1. The molecule has 0 aliphatic rings. The highest BCUT2D eigenvalue weighted by molar-refractivity contribution is 7.92. The van der Waals surface area contributed by atoms with Gasteiger partial charge in [0.2, 0.25) is 15.9 Å². The van der Waals surface area contributed by atoms with Gasteiger partial charge in [-0.3, -0.25) is 9.10 Å². The number of hydrogen-bond donors (Lipinski definition) is 1. The van der Waals surface area contributed by atoms with Crippen molar-refractivity contribution in [2.24, 2.45) is 0 Å². The smallest absolute Gasteiger partial charge is 0.241 e. The van der Waals surface area contributed by atoms with E-state index in [4.69, 9.17) is 11.6 Å². The van der Waals surface area contributed by atoms with Crippen LogP contribution in [-0.2, 0) is 14.8 Å². The summed E-state index contributed by atoms with van der Waals surface area (Å²) in [5, 5.41) is 3.39. The summed E-state index contributed by atoms with van der Waals surface area (Å²) in [4.78, 5) is 13.0. The Morgan fingerprint density at radius 3 is 2.30 bits per heavy atom. The molecule has 0 aliphatic heterocycles. The van der Waals surface area contributed by atoms with Crippen molar-refractivity contribution in [2.45, 2.75) is 13.0 Å². The predicted octanol–water partition coefficient (Wildman–Crippen LogP) is 4.32. The molecule has 1 amide bonds. The Morgan fingerprint density at radius 2 is 1.67 bits per heavy atom. The molecule has 0 fully saturated rings. The number of sulfonamides is 1. The first-order chi connectivity index (χ1) is 14.3. The molecule has 1 N–H and O–H groups in total. The van der Waals surface area contributed by atoms with Gasteiger partial charge in [-0.2, -0.15) is 0 Å². The molecule has 0 saturated heterocycles. The van der Waals surface area contributed by atoms with Crippen LogP contribution in [-0.4, -0.2) is 27.1 Å². The quantitative estimate of drug-likeness (QED) is 0.592. The van der Waals surface area contributed by atoms with Crippen molar-refractivity contribution >= 4 is 33.2 Å². The second-order valence-electron chi connectivity index (χ2n) is 7.02. The Kier molecular flexibility index (Phi) is 6.80. The number of aryl methyl sites for hydroxylation is 1. The Hall–Kier alpha value is -2.83. The number of benzene rings is 3. The van der Waals surface area contributed by atoms with Crippen molar-refractivity contribution in [3.63, 3.8) is 0 Å². The van der Waals surface area contributed by atoms with Gasteiger partial charge in [0.15, 0.2) is 0 Å². The lowest BCUT2D eigenvalue weighted by molar-refractivity contribution is -0.120. The lowest BCUT2D eigenvalue weighted by Gasteiger charge is -2.25. The van der Waals surface area contributed by atoms with Gasteiger partial charge in [0.05, 0.1) is 18.0 Å². The van der Waals surface area contributed by atoms with E-state index in [-0.39, 0.29) is 6.54 Å². The van der Waals surface area contributed by atoms with Gasteiger partial charge >= 0.3 is 0 Å². The molecule has 156 valence electrons. The highest BCUT2D eigenvalue weighted by Crippen LogP contribution is 2.26. The van der Waals surface area contributed by atoms with Gasteiger partial charge in [-0.15, -0.1) is 0 Å². The fourth-order valence-corrected chi connectivity index (χ4v) is 4.30. The zero-order chi connectivity index (χ0) is 21.7. The van der Waals surface area contributed by atoms with Gasteiger partial charge in [-0.1, -0.05) is 72.3 Å². The highest BCUT2D eigenvalue weighted by Gasteiger charge is 2.24. The van der Waals surface area contributed by atoms with Gasteiger partial charge < -0.3 is 5.32 Å². The molecular weight excluding hydrogens is 420 g/mol. The number of rotatable bonds is 7. The number of carbonyl (C=O) groups is 1. The van der Waals surface area contributed by atoms with Crippen LogP contribution in [0.15, 0.2) is 78.9 Å². The molecule has 0 aromatic heterocycles. The van der Waals surface area contributed by atoms with Crippen molar-refractivity contribution in [2.75, 3.05) is 17.1 Å². The highest BCUT2D eigenvalue weighted by atomic mass is 35.5. The van der Waals surface area contributed by atoms with Crippen LogP contribution < -0.4 is 9.62 Å². The molecule has 3 rings (SSSR count). The summed E-state index contributed by atoms with van der Waals surface area (Å²) in [6, 6.07) is 23.4.